The molecule has 0 radical (unpaired) electrons. The first-order valence-corrected chi connectivity index (χ1v) is 10.4. The lowest BCUT2D eigenvalue weighted by Gasteiger charge is -2.33. The predicted molar refractivity (Wildman–Crippen MR) is 101 cm³/mol. The number of nitrogens with zero attached hydrogens (tertiary/aromatic N) is 5. The molecule has 0 N–H and O–H groups in total. The molecule has 0 spiro atoms. The fourth-order valence-electron chi connectivity index (χ4n) is 3.58. The fraction of sp³-hybridized carbons (Fsp3) is 0.579. The van der Waals surface area contributed by atoms with E-state index in [9.17, 15) is 4.79 Å². The summed E-state index contributed by atoms with van der Waals surface area (Å²) in [7, 11) is 0. The van der Waals surface area contributed by atoms with Crippen molar-refractivity contribution in [1.29, 1.82) is 0 Å². The first-order valence-electron chi connectivity index (χ1n) is 9.48. The number of amides is 1. The number of carbonyl (C=O) groups is 1. The van der Waals surface area contributed by atoms with Crippen LogP contribution in [0.25, 0.3) is 0 Å². The Hall–Kier alpha value is -1.89. The van der Waals surface area contributed by atoms with Crippen LogP contribution in [-0.4, -0.2) is 49.4 Å². The maximum absolute atomic E-state index is 12.8. The summed E-state index contributed by atoms with van der Waals surface area (Å²) in [5, 5.41) is 12.6. The standard InChI is InChI=1S/C19H25N5OS/c1-14(26-19-20-21-22-24(19)17-7-8-17)18(25)23-11-9-16(10-12-23)13-15-5-3-2-4-6-15/h2-6,14,16-17H,7-13H2,1H3/t14-/m0/s1. The Labute approximate surface area is 158 Å². The Bertz CT molecular complexity index is 737. The minimum atomic E-state index is -0.149. The van der Waals surface area contributed by atoms with Crippen molar-refractivity contribution in [3.63, 3.8) is 0 Å². The molecule has 2 heterocycles. The van der Waals surface area contributed by atoms with Gasteiger partial charge in [-0.15, -0.1) is 5.10 Å². The van der Waals surface area contributed by atoms with E-state index in [4.69, 9.17) is 0 Å². The first kappa shape index (κ1) is 17.5. The van der Waals surface area contributed by atoms with Crippen LogP contribution in [0.2, 0.25) is 0 Å². The zero-order valence-corrected chi connectivity index (χ0v) is 15.9. The van der Waals surface area contributed by atoms with E-state index in [1.54, 1.807) is 0 Å². The number of likely N-dealkylation sites (tertiary alicyclic amines) is 1. The van der Waals surface area contributed by atoms with Gasteiger partial charge in [-0.2, -0.15) is 0 Å². The summed E-state index contributed by atoms with van der Waals surface area (Å²) in [5.41, 5.74) is 1.40. The van der Waals surface area contributed by atoms with E-state index in [0.717, 1.165) is 50.4 Å². The first-order chi connectivity index (χ1) is 12.7. The molecule has 7 heteroatoms. The summed E-state index contributed by atoms with van der Waals surface area (Å²) in [4.78, 5) is 14.8. The number of rotatable bonds is 6. The zero-order valence-electron chi connectivity index (χ0n) is 15.1. The summed E-state index contributed by atoms with van der Waals surface area (Å²) in [6.07, 6.45) is 5.55. The van der Waals surface area contributed by atoms with Crippen LogP contribution in [0.1, 0.15) is 44.2 Å². The molecule has 1 aliphatic heterocycles. The Kier molecular flexibility index (Phi) is 5.24. The van der Waals surface area contributed by atoms with Crippen LogP contribution in [0.4, 0.5) is 0 Å². The number of piperidine rings is 1. The molecule has 138 valence electrons. The molecule has 2 fully saturated rings. The van der Waals surface area contributed by atoms with Gasteiger partial charge in [0.15, 0.2) is 0 Å². The maximum Gasteiger partial charge on any atom is 0.235 e. The third kappa shape index (κ3) is 4.09. The van der Waals surface area contributed by atoms with Crippen LogP contribution >= 0.6 is 11.8 Å². The normalized spacial score (nSPS) is 19.5. The SMILES string of the molecule is C[C@H](Sc1nnnn1C1CC1)C(=O)N1CCC(Cc2ccccc2)CC1. The zero-order chi connectivity index (χ0) is 17.9. The van der Waals surface area contributed by atoms with Gasteiger partial charge in [0.2, 0.25) is 11.1 Å². The molecule has 26 heavy (non-hydrogen) atoms. The van der Waals surface area contributed by atoms with E-state index < -0.39 is 0 Å². The van der Waals surface area contributed by atoms with Crippen molar-refractivity contribution >= 4 is 17.7 Å². The monoisotopic (exact) mass is 371 g/mol. The molecule has 1 atom stereocenters. The molecule has 2 aromatic rings. The third-order valence-electron chi connectivity index (χ3n) is 5.28. The van der Waals surface area contributed by atoms with Gasteiger partial charge >= 0.3 is 0 Å². The predicted octanol–water partition coefficient (Wildman–Crippen LogP) is 2.97. The molecule has 0 unspecified atom stereocenters. The fourth-order valence-corrected chi connectivity index (χ4v) is 4.53. The number of benzene rings is 1. The van der Waals surface area contributed by atoms with E-state index in [1.165, 1.54) is 17.3 Å². The average molecular weight is 372 g/mol. The van der Waals surface area contributed by atoms with Gasteiger partial charge in [-0.05, 0) is 60.9 Å². The van der Waals surface area contributed by atoms with Crippen molar-refractivity contribution in [3.05, 3.63) is 35.9 Å². The van der Waals surface area contributed by atoms with Gasteiger partial charge < -0.3 is 4.90 Å². The molecule has 6 nitrogen and oxygen atoms in total. The minimum absolute atomic E-state index is 0.149. The van der Waals surface area contributed by atoms with Crippen LogP contribution in [0.15, 0.2) is 35.5 Å². The lowest BCUT2D eigenvalue weighted by atomic mass is 9.90. The van der Waals surface area contributed by atoms with E-state index in [0.29, 0.717) is 12.0 Å². The third-order valence-corrected chi connectivity index (χ3v) is 6.31. The van der Waals surface area contributed by atoms with Crippen LogP contribution in [0.5, 0.6) is 0 Å². The van der Waals surface area contributed by atoms with Crippen molar-refractivity contribution in [1.82, 2.24) is 25.1 Å². The highest BCUT2D eigenvalue weighted by molar-refractivity contribution is 8.00. The van der Waals surface area contributed by atoms with Crippen LogP contribution in [0.3, 0.4) is 0 Å². The summed E-state index contributed by atoms with van der Waals surface area (Å²) >= 11 is 1.49. The smallest absolute Gasteiger partial charge is 0.235 e. The largest absolute Gasteiger partial charge is 0.342 e. The van der Waals surface area contributed by atoms with Gasteiger partial charge in [-0.25, -0.2) is 4.68 Å². The quantitative estimate of drug-likeness (QED) is 0.731. The second kappa shape index (κ2) is 7.78. The lowest BCUT2D eigenvalue weighted by molar-refractivity contribution is -0.131. The molecule has 2 aliphatic rings. The van der Waals surface area contributed by atoms with E-state index in [2.05, 4.69) is 45.9 Å². The Morgan fingerprint density at radius 2 is 1.92 bits per heavy atom. The topological polar surface area (TPSA) is 63.9 Å². The number of tetrazole rings is 1. The Morgan fingerprint density at radius 3 is 2.62 bits per heavy atom. The Balaban J connectivity index is 1.28. The number of hydrogen-bond acceptors (Lipinski definition) is 5. The number of thioether (sulfide) groups is 1. The van der Waals surface area contributed by atoms with Crippen molar-refractivity contribution in [3.8, 4) is 0 Å². The number of hydrogen-bond donors (Lipinski definition) is 0. The van der Waals surface area contributed by atoms with Crippen LogP contribution < -0.4 is 0 Å². The van der Waals surface area contributed by atoms with Crippen molar-refractivity contribution in [2.24, 2.45) is 5.92 Å². The highest BCUT2D eigenvalue weighted by Gasteiger charge is 2.31. The number of aromatic nitrogens is 4. The van der Waals surface area contributed by atoms with Gasteiger partial charge in [0, 0.05) is 13.1 Å². The average Bonchev–Trinajstić information content (AvgIpc) is 3.42. The van der Waals surface area contributed by atoms with Gasteiger partial charge in [-0.3, -0.25) is 4.79 Å². The lowest BCUT2D eigenvalue weighted by Crippen LogP contribution is -2.42. The highest BCUT2D eigenvalue weighted by Crippen LogP contribution is 2.37. The molecule has 1 aliphatic carbocycles. The second-order valence-corrected chi connectivity index (χ2v) is 8.66. The van der Waals surface area contributed by atoms with Crippen LogP contribution in [0, 0.1) is 5.92 Å². The maximum atomic E-state index is 12.8. The summed E-state index contributed by atoms with van der Waals surface area (Å²) in [6, 6.07) is 11.1. The molecule has 1 aromatic carbocycles. The van der Waals surface area contributed by atoms with Crippen molar-refractivity contribution in [2.45, 2.75) is 55.5 Å². The van der Waals surface area contributed by atoms with Gasteiger partial charge in [0.25, 0.3) is 0 Å². The van der Waals surface area contributed by atoms with E-state index in [1.807, 2.05) is 16.5 Å². The molecular weight excluding hydrogens is 346 g/mol. The molecule has 1 saturated heterocycles. The molecule has 1 saturated carbocycles. The second-order valence-electron chi connectivity index (χ2n) is 7.36. The number of carbonyl (C=O) groups excluding carboxylic acids is 1. The molecular formula is C19H25N5OS. The summed E-state index contributed by atoms with van der Waals surface area (Å²) < 4.78 is 1.88. The van der Waals surface area contributed by atoms with Crippen molar-refractivity contribution < 1.29 is 4.79 Å². The molecule has 1 amide bonds. The summed E-state index contributed by atoms with van der Waals surface area (Å²) in [5.74, 6) is 0.880. The summed E-state index contributed by atoms with van der Waals surface area (Å²) in [6.45, 7) is 3.68. The van der Waals surface area contributed by atoms with E-state index >= 15 is 0 Å². The molecule has 4 rings (SSSR count). The molecule has 0 bridgehead atoms. The van der Waals surface area contributed by atoms with Gasteiger partial charge in [-0.1, -0.05) is 42.1 Å². The van der Waals surface area contributed by atoms with Crippen LogP contribution in [-0.2, 0) is 11.2 Å². The minimum Gasteiger partial charge on any atom is -0.342 e. The van der Waals surface area contributed by atoms with E-state index in [-0.39, 0.29) is 11.2 Å². The molecule has 1 aromatic heterocycles. The van der Waals surface area contributed by atoms with Gasteiger partial charge in [0.1, 0.15) is 0 Å². The van der Waals surface area contributed by atoms with Gasteiger partial charge in [0.05, 0.1) is 11.3 Å². The Morgan fingerprint density at radius 1 is 1.19 bits per heavy atom. The van der Waals surface area contributed by atoms with Crippen molar-refractivity contribution in [2.75, 3.05) is 13.1 Å². The highest BCUT2D eigenvalue weighted by atomic mass is 32.2.